The largest absolute Gasteiger partial charge is 0.495 e. The molecule has 178 valence electrons. The number of sulfonamides is 1. The van der Waals surface area contributed by atoms with Crippen LogP contribution in [0.4, 0.5) is 11.4 Å². The number of hydrogen-bond acceptors (Lipinski definition) is 6. The van der Waals surface area contributed by atoms with Gasteiger partial charge < -0.3 is 14.8 Å². The molecule has 4 rings (SSSR count). The summed E-state index contributed by atoms with van der Waals surface area (Å²) in [6, 6.07) is 25.0. The number of hydrogen-bond donors (Lipinski definition) is 2. The number of para-hydroxylation sites is 2. The van der Waals surface area contributed by atoms with Crippen molar-refractivity contribution in [2.75, 3.05) is 23.8 Å². The Bertz CT molecular complexity index is 1500. The van der Waals surface area contributed by atoms with Crippen molar-refractivity contribution < 1.29 is 27.5 Å². The number of ether oxygens (including phenoxy) is 2. The number of nitrogens with one attached hydrogen (secondary N) is 2. The molecule has 2 N–H and O–H groups in total. The van der Waals surface area contributed by atoms with E-state index in [1.807, 2.05) is 36.4 Å². The molecule has 0 bridgehead atoms. The van der Waals surface area contributed by atoms with Crippen molar-refractivity contribution in [1.29, 1.82) is 0 Å². The second-order valence-corrected chi connectivity index (χ2v) is 9.17. The summed E-state index contributed by atoms with van der Waals surface area (Å²) in [7, 11) is -2.58. The van der Waals surface area contributed by atoms with E-state index in [2.05, 4.69) is 10.0 Å². The maximum Gasteiger partial charge on any atom is 0.338 e. The predicted octanol–water partition coefficient (Wildman–Crippen LogP) is 4.44. The summed E-state index contributed by atoms with van der Waals surface area (Å²) in [5.74, 6) is -0.993. The summed E-state index contributed by atoms with van der Waals surface area (Å²) in [5.41, 5.74) is 0.846. The average molecular weight is 491 g/mol. The molecule has 0 fully saturated rings. The molecule has 0 saturated carbocycles. The maximum atomic E-state index is 12.8. The molecule has 0 aliphatic heterocycles. The normalized spacial score (nSPS) is 11.0. The van der Waals surface area contributed by atoms with E-state index in [0.717, 1.165) is 10.8 Å². The lowest BCUT2D eigenvalue weighted by molar-refractivity contribution is -0.119. The molecule has 0 spiro atoms. The molecule has 0 aromatic heterocycles. The van der Waals surface area contributed by atoms with Gasteiger partial charge in [-0.05, 0) is 41.8 Å². The van der Waals surface area contributed by atoms with Crippen LogP contribution < -0.4 is 14.8 Å². The molecule has 0 aliphatic carbocycles. The third-order valence-corrected chi connectivity index (χ3v) is 6.49. The van der Waals surface area contributed by atoms with E-state index in [1.54, 1.807) is 30.3 Å². The zero-order valence-electron chi connectivity index (χ0n) is 18.7. The number of anilines is 2. The molecule has 4 aromatic carbocycles. The van der Waals surface area contributed by atoms with Crippen molar-refractivity contribution in [3.8, 4) is 5.75 Å². The van der Waals surface area contributed by atoms with Gasteiger partial charge in [-0.1, -0.05) is 54.6 Å². The van der Waals surface area contributed by atoms with Crippen molar-refractivity contribution >= 4 is 44.0 Å². The van der Waals surface area contributed by atoms with Crippen LogP contribution in [0.25, 0.3) is 10.8 Å². The third-order valence-electron chi connectivity index (χ3n) is 5.13. The summed E-state index contributed by atoms with van der Waals surface area (Å²) in [4.78, 5) is 24.7. The Morgan fingerprint density at radius 2 is 1.51 bits per heavy atom. The Kier molecular flexibility index (Phi) is 6.98. The minimum Gasteiger partial charge on any atom is -0.495 e. The summed E-state index contributed by atoms with van der Waals surface area (Å²) >= 11 is 0. The van der Waals surface area contributed by atoms with E-state index < -0.39 is 28.5 Å². The van der Waals surface area contributed by atoms with E-state index in [1.165, 1.54) is 31.4 Å². The Hall–Kier alpha value is -4.37. The first-order chi connectivity index (χ1) is 16.9. The first-order valence-corrected chi connectivity index (χ1v) is 12.1. The van der Waals surface area contributed by atoms with Crippen molar-refractivity contribution in [2.24, 2.45) is 0 Å². The lowest BCUT2D eigenvalue weighted by Gasteiger charge is -2.12. The van der Waals surface area contributed by atoms with Crippen LogP contribution in [-0.4, -0.2) is 34.0 Å². The van der Waals surface area contributed by atoms with Gasteiger partial charge in [-0.3, -0.25) is 9.52 Å². The van der Waals surface area contributed by atoms with Gasteiger partial charge in [-0.25, -0.2) is 13.2 Å². The Morgan fingerprint density at radius 3 is 2.34 bits per heavy atom. The first kappa shape index (κ1) is 23.8. The predicted molar refractivity (Wildman–Crippen MR) is 133 cm³/mol. The molecule has 0 radical (unpaired) electrons. The molecule has 0 heterocycles. The molecule has 0 unspecified atom stereocenters. The lowest BCUT2D eigenvalue weighted by atomic mass is 10.1. The SMILES string of the molecule is COc1ccccc1NS(=O)(=O)c1cccc(C(=O)OCC(=O)Nc2cccc3ccccc23)c1. The minimum atomic E-state index is -4.01. The number of benzene rings is 4. The van der Waals surface area contributed by atoms with Gasteiger partial charge in [0.1, 0.15) is 5.75 Å². The third kappa shape index (κ3) is 5.59. The molecule has 0 atom stereocenters. The minimum absolute atomic E-state index is 0.00846. The topological polar surface area (TPSA) is 111 Å². The molecule has 1 amide bonds. The highest BCUT2D eigenvalue weighted by Crippen LogP contribution is 2.26. The number of carbonyl (C=O) groups is 2. The highest BCUT2D eigenvalue weighted by Gasteiger charge is 2.19. The van der Waals surface area contributed by atoms with Crippen LogP contribution in [0, 0.1) is 0 Å². The fourth-order valence-corrected chi connectivity index (χ4v) is 4.57. The zero-order valence-corrected chi connectivity index (χ0v) is 19.5. The van der Waals surface area contributed by atoms with Crippen LogP contribution in [0.5, 0.6) is 5.75 Å². The highest BCUT2D eigenvalue weighted by atomic mass is 32.2. The van der Waals surface area contributed by atoms with Crippen LogP contribution in [0.2, 0.25) is 0 Å². The summed E-state index contributed by atoms with van der Waals surface area (Å²) < 4.78 is 38.4. The van der Waals surface area contributed by atoms with Crippen molar-refractivity contribution in [1.82, 2.24) is 0 Å². The quantitative estimate of drug-likeness (QED) is 0.353. The lowest BCUT2D eigenvalue weighted by Crippen LogP contribution is -2.21. The van der Waals surface area contributed by atoms with E-state index in [9.17, 15) is 18.0 Å². The maximum absolute atomic E-state index is 12.8. The molecule has 4 aromatic rings. The number of carbonyl (C=O) groups excluding carboxylic acids is 2. The molecular weight excluding hydrogens is 468 g/mol. The number of esters is 1. The van der Waals surface area contributed by atoms with Crippen molar-refractivity contribution in [3.63, 3.8) is 0 Å². The van der Waals surface area contributed by atoms with Crippen molar-refractivity contribution in [2.45, 2.75) is 4.90 Å². The fraction of sp³-hybridized carbons (Fsp3) is 0.0769. The monoisotopic (exact) mass is 490 g/mol. The van der Waals surface area contributed by atoms with Gasteiger partial charge in [-0.15, -0.1) is 0 Å². The molecule has 0 saturated heterocycles. The summed E-state index contributed by atoms with van der Waals surface area (Å²) in [6.07, 6.45) is 0. The van der Waals surface area contributed by atoms with Crippen LogP contribution in [-0.2, 0) is 19.6 Å². The average Bonchev–Trinajstić information content (AvgIpc) is 2.87. The number of rotatable bonds is 8. The van der Waals surface area contributed by atoms with Crippen LogP contribution >= 0.6 is 0 Å². The summed E-state index contributed by atoms with van der Waals surface area (Å²) in [5, 5.41) is 4.55. The van der Waals surface area contributed by atoms with E-state index in [0.29, 0.717) is 11.4 Å². The standard InChI is InChI=1S/C26H22N2O6S/c1-33-24-15-5-4-13-23(24)28-35(31,32)20-11-6-10-19(16-20)26(30)34-17-25(29)27-22-14-7-9-18-8-2-3-12-21(18)22/h2-16,28H,17H2,1H3,(H,27,29). The molecule has 8 nitrogen and oxygen atoms in total. The second kappa shape index (κ2) is 10.3. The second-order valence-electron chi connectivity index (χ2n) is 7.48. The van der Waals surface area contributed by atoms with Gasteiger partial charge >= 0.3 is 5.97 Å². The zero-order chi connectivity index (χ0) is 24.8. The van der Waals surface area contributed by atoms with Crippen molar-refractivity contribution in [3.05, 3.63) is 96.6 Å². The Labute approximate surface area is 202 Å². The molecular formula is C26H22N2O6S. The molecule has 0 aliphatic rings. The highest BCUT2D eigenvalue weighted by molar-refractivity contribution is 7.92. The van der Waals surface area contributed by atoms with Gasteiger partial charge in [0.05, 0.1) is 23.3 Å². The first-order valence-electron chi connectivity index (χ1n) is 10.6. The van der Waals surface area contributed by atoms with Gasteiger partial charge in [0.2, 0.25) is 0 Å². The van der Waals surface area contributed by atoms with E-state index in [-0.39, 0.29) is 16.1 Å². The Morgan fingerprint density at radius 1 is 0.829 bits per heavy atom. The smallest absolute Gasteiger partial charge is 0.338 e. The van der Waals surface area contributed by atoms with Gasteiger partial charge in [0.25, 0.3) is 15.9 Å². The molecule has 9 heteroatoms. The van der Waals surface area contributed by atoms with E-state index in [4.69, 9.17) is 9.47 Å². The number of amides is 1. The molecule has 35 heavy (non-hydrogen) atoms. The van der Waals surface area contributed by atoms with E-state index >= 15 is 0 Å². The Balaban J connectivity index is 1.42. The number of fused-ring (bicyclic) bond motifs is 1. The fourth-order valence-electron chi connectivity index (χ4n) is 3.46. The van der Waals surface area contributed by atoms with Gasteiger partial charge in [-0.2, -0.15) is 0 Å². The van der Waals surface area contributed by atoms with Gasteiger partial charge in [0.15, 0.2) is 6.61 Å². The van der Waals surface area contributed by atoms with Crippen LogP contribution in [0.1, 0.15) is 10.4 Å². The number of methoxy groups -OCH3 is 1. The van der Waals surface area contributed by atoms with Gasteiger partial charge in [0, 0.05) is 11.1 Å². The summed E-state index contributed by atoms with van der Waals surface area (Å²) in [6.45, 7) is -0.529. The van der Waals surface area contributed by atoms with Crippen LogP contribution in [0.15, 0.2) is 95.9 Å². The van der Waals surface area contributed by atoms with Crippen LogP contribution in [0.3, 0.4) is 0 Å².